The Hall–Kier alpha value is -3.59. The molecule has 3 N–H and O–H groups in total. The van der Waals surface area contributed by atoms with Crippen molar-refractivity contribution in [2.45, 2.75) is 55.7 Å². The van der Waals surface area contributed by atoms with Gasteiger partial charge in [-0.1, -0.05) is 6.07 Å². The van der Waals surface area contributed by atoms with Crippen LogP contribution in [0.2, 0.25) is 0 Å². The van der Waals surface area contributed by atoms with Gasteiger partial charge >= 0.3 is 0 Å². The van der Waals surface area contributed by atoms with Crippen molar-refractivity contribution < 1.29 is 18.1 Å². The second-order valence-corrected chi connectivity index (χ2v) is 11.3. The predicted octanol–water partition coefficient (Wildman–Crippen LogP) is 4.76. The van der Waals surface area contributed by atoms with Gasteiger partial charge in [-0.25, -0.2) is 4.39 Å². The van der Waals surface area contributed by atoms with Crippen LogP contribution in [0.3, 0.4) is 0 Å². The molecule has 1 saturated carbocycles. The number of carbonyl (C=O) groups excluding carboxylic acids is 1. The lowest BCUT2D eigenvalue weighted by Gasteiger charge is -2.13. The van der Waals surface area contributed by atoms with Crippen LogP contribution in [0.15, 0.2) is 70.4 Å². The quantitative estimate of drug-likeness (QED) is 0.427. The summed E-state index contributed by atoms with van der Waals surface area (Å²) in [6, 6.07) is 11.5. The van der Waals surface area contributed by atoms with E-state index < -0.39 is 22.5 Å². The third-order valence-electron chi connectivity index (χ3n) is 5.39. The van der Waals surface area contributed by atoms with E-state index in [1.807, 2.05) is 39.0 Å². The molecule has 0 saturated heterocycles. The van der Waals surface area contributed by atoms with Crippen molar-refractivity contribution in [1.82, 2.24) is 10.3 Å². The van der Waals surface area contributed by atoms with Gasteiger partial charge in [0.2, 0.25) is 5.91 Å². The second kappa shape index (κ2) is 10.6. The van der Waals surface area contributed by atoms with Gasteiger partial charge in [-0.05, 0) is 69.5 Å². The van der Waals surface area contributed by atoms with E-state index in [0.717, 1.165) is 17.7 Å². The van der Waals surface area contributed by atoms with E-state index in [1.165, 1.54) is 24.5 Å². The number of nitrogens with zero attached hydrogens (tertiary/aromatic N) is 2. The first-order chi connectivity index (χ1) is 17.1. The lowest BCUT2D eigenvalue weighted by Crippen LogP contribution is -2.27. The summed E-state index contributed by atoms with van der Waals surface area (Å²) in [7, 11) is -1.06. The summed E-state index contributed by atoms with van der Waals surface area (Å²) in [6.07, 6.45) is 6.09. The molecule has 1 atom stereocenters. The van der Waals surface area contributed by atoms with Crippen LogP contribution in [0.5, 0.6) is 11.5 Å². The first kappa shape index (κ1) is 25.5. The fourth-order valence-corrected chi connectivity index (χ4v) is 4.79. The highest BCUT2D eigenvalue weighted by atomic mass is 32.2. The standard InChI is InChI=1S/C27H29FN4O3S/c1-27(2,3)31-16-18(15-29)32-26(33)12-17-4-5-19(13-23(17)28)35-25-10-11-30-24-9-8-21(14-22(24)25)36(34)20-6-7-20/h4-5,8-11,13-16,20H,6-7,12,29H2,1-3H3,(H,32,33)/b18-15+,31-16?. The van der Waals surface area contributed by atoms with Crippen molar-refractivity contribution in [3.8, 4) is 11.5 Å². The Morgan fingerprint density at radius 3 is 2.69 bits per heavy atom. The number of halogens is 1. The average molecular weight is 509 g/mol. The van der Waals surface area contributed by atoms with Crippen LogP contribution in [-0.2, 0) is 22.0 Å². The summed E-state index contributed by atoms with van der Waals surface area (Å²) in [6.45, 7) is 5.75. The van der Waals surface area contributed by atoms with Crippen molar-refractivity contribution in [3.63, 3.8) is 0 Å². The SMILES string of the molecule is CC(C)(C)N=C/C(=C\N)NC(=O)Cc1ccc(Oc2ccnc3ccc(S(=O)C4CC4)cc23)cc1F. The van der Waals surface area contributed by atoms with Crippen LogP contribution in [0.1, 0.15) is 39.2 Å². The Morgan fingerprint density at radius 1 is 1.25 bits per heavy atom. The molecule has 0 radical (unpaired) electrons. The Labute approximate surface area is 212 Å². The molecule has 1 aliphatic rings. The third-order valence-corrected chi connectivity index (χ3v) is 7.19. The molecule has 1 fully saturated rings. The first-order valence-corrected chi connectivity index (χ1v) is 12.9. The van der Waals surface area contributed by atoms with E-state index in [9.17, 15) is 13.4 Å². The van der Waals surface area contributed by atoms with Crippen molar-refractivity contribution >= 4 is 33.8 Å². The lowest BCUT2D eigenvalue weighted by molar-refractivity contribution is -0.119. The highest BCUT2D eigenvalue weighted by Crippen LogP contribution is 2.34. The molecule has 1 heterocycles. The lowest BCUT2D eigenvalue weighted by atomic mass is 10.1. The molecule has 1 amide bonds. The maximum atomic E-state index is 14.8. The van der Waals surface area contributed by atoms with Gasteiger partial charge < -0.3 is 15.8 Å². The summed E-state index contributed by atoms with van der Waals surface area (Å²) in [4.78, 5) is 21.8. The topological polar surface area (TPSA) is 107 Å². The van der Waals surface area contributed by atoms with Crippen molar-refractivity contribution in [3.05, 3.63) is 71.9 Å². The summed E-state index contributed by atoms with van der Waals surface area (Å²) in [5.41, 5.74) is 6.49. The van der Waals surface area contributed by atoms with Gasteiger partial charge in [0.1, 0.15) is 17.3 Å². The van der Waals surface area contributed by atoms with Crippen LogP contribution >= 0.6 is 0 Å². The normalized spacial score (nSPS) is 15.3. The molecule has 1 aliphatic carbocycles. The third kappa shape index (κ3) is 6.54. The van der Waals surface area contributed by atoms with Crippen LogP contribution in [-0.4, -0.2) is 32.1 Å². The maximum absolute atomic E-state index is 14.8. The summed E-state index contributed by atoms with van der Waals surface area (Å²) in [5.74, 6) is -0.234. The number of nitrogens with one attached hydrogen (secondary N) is 1. The van der Waals surface area contributed by atoms with Gasteiger partial charge in [-0.15, -0.1) is 0 Å². The van der Waals surface area contributed by atoms with Gasteiger partial charge in [0, 0.05) is 40.2 Å². The minimum atomic E-state index is -1.06. The Kier molecular flexibility index (Phi) is 7.49. The molecule has 0 bridgehead atoms. The molecule has 1 unspecified atom stereocenters. The minimum absolute atomic E-state index is 0.179. The van der Waals surface area contributed by atoms with Crippen LogP contribution in [0, 0.1) is 5.82 Å². The van der Waals surface area contributed by atoms with Crippen molar-refractivity contribution in [2.75, 3.05) is 0 Å². The zero-order chi connectivity index (χ0) is 25.9. The molecular formula is C27H29FN4O3S. The molecule has 0 aliphatic heterocycles. The molecule has 4 rings (SSSR count). The first-order valence-electron chi connectivity index (χ1n) is 11.7. The number of pyridine rings is 1. The fraction of sp³-hybridized carbons (Fsp3) is 0.296. The number of rotatable bonds is 8. The van der Waals surface area contributed by atoms with Gasteiger partial charge in [0.05, 0.1) is 34.0 Å². The predicted molar refractivity (Wildman–Crippen MR) is 140 cm³/mol. The number of amides is 1. The number of carbonyl (C=O) groups is 1. The number of hydrogen-bond donors (Lipinski definition) is 2. The number of ether oxygens (including phenoxy) is 1. The highest BCUT2D eigenvalue weighted by Gasteiger charge is 2.29. The fourth-order valence-electron chi connectivity index (χ4n) is 3.41. The van der Waals surface area contributed by atoms with Crippen molar-refractivity contribution in [1.29, 1.82) is 0 Å². The minimum Gasteiger partial charge on any atom is -0.456 e. The summed E-state index contributed by atoms with van der Waals surface area (Å²) in [5, 5.41) is 3.55. The monoisotopic (exact) mass is 508 g/mol. The zero-order valence-corrected chi connectivity index (χ0v) is 21.3. The largest absolute Gasteiger partial charge is 0.456 e. The van der Waals surface area contributed by atoms with Gasteiger partial charge in [0.25, 0.3) is 0 Å². The molecule has 9 heteroatoms. The number of aliphatic imine (C=N–C) groups is 1. The van der Waals surface area contributed by atoms with E-state index in [-0.39, 0.29) is 28.5 Å². The molecule has 1 aromatic heterocycles. The molecular weight excluding hydrogens is 479 g/mol. The highest BCUT2D eigenvalue weighted by molar-refractivity contribution is 7.86. The van der Waals surface area contributed by atoms with Gasteiger partial charge in [-0.2, -0.15) is 0 Å². The van der Waals surface area contributed by atoms with E-state index in [1.54, 1.807) is 18.3 Å². The Balaban J connectivity index is 1.47. The number of hydrogen-bond acceptors (Lipinski definition) is 6. The van der Waals surface area contributed by atoms with Crippen molar-refractivity contribution in [2.24, 2.45) is 10.7 Å². The van der Waals surface area contributed by atoms with Crippen LogP contribution < -0.4 is 15.8 Å². The van der Waals surface area contributed by atoms with E-state index in [4.69, 9.17) is 10.5 Å². The van der Waals surface area contributed by atoms with E-state index in [2.05, 4.69) is 15.3 Å². The summed E-state index contributed by atoms with van der Waals surface area (Å²) < 4.78 is 33.4. The number of benzene rings is 2. The molecule has 188 valence electrons. The number of fused-ring (bicyclic) bond motifs is 1. The molecule has 3 aromatic rings. The van der Waals surface area contributed by atoms with Crippen LogP contribution in [0.25, 0.3) is 10.9 Å². The Morgan fingerprint density at radius 2 is 2.03 bits per heavy atom. The van der Waals surface area contributed by atoms with Gasteiger partial charge in [-0.3, -0.25) is 19.0 Å². The smallest absolute Gasteiger partial charge is 0.228 e. The van der Waals surface area contributed by atoms with Gasteiger partial charge in [0.15, 0.2) is 0 Å². The van der Waals surface area contributed by atoms with E-state index in [0.29, 0.717) is 22.3 Å². The molecule has 2 aromatic carbocycles. The zero-order valence-electron chi connectivity index (χ0n) is 20.5. The second-order valence-electron chi connectivity index (χ2n) is 9.62. The van der Waals surface area contributed by atoms with E-state index >= 15 is 0 Å². The number of aromatic nitrogens is 1. The molecule has 36 heavy (non-hydrogen) atoms. The summed E-state index contributed by atoms with van der Waals surface area (Å²) >= 11 is 0. The average Bonchev–Trinajstić information content (AvgIpc) is 3.68. The molecule has 0 spiro atoms. The van der Waals surface area contributed by atoms with Crippen LogP contribution in [0.4, 0.5) is 4.39 Å². The number of allylic oxidation sites excluding steroid dienone is 1. The maximum Gasteiger partial charge on any atom is 0.228 e. The molecule has 7 nitrogen and oxygen atoms in total. The number of nitrogens with two attached hydrogens (primary N) is 1. The Bertz CT molecular complexity index is 1380.